The van der Waals surface area contributed by atoms with Crippen molar-refractivity contribution in [3.8, 4) is 0 Å². The molecule has 0 aliphatic heterocycles. The van der Waals surface area contributed by atoms with Gasteiger partial charge < -0.3 is 5.11 Å². The largest absolute Gasteiger partial charge is 0.385 e. The lowest BCUT2D eigenvalue weighted by molar-refractivity contribution is 0.0329. The van der Waals surface area contributed by atoms with Gasteiger partial charge in [-0.25, -0.2) is 0 Å². The van der Waals surface area contributed by atoms with Gasteiger partial charge in [0.2, 0.25) is 0 Å². The first-order chi connectivity index (χ1) is 6.93. The van der Waals surface area contributed by atoms with E-state index in [2.05, 4.69) is 18.8 Å². The summed E-state index contributed by atoms with van der Waals surface area (Å²) in [5.74, 6) is 0. The van der Waals surface area contributed by atoms with Gasteiger partial charge in [-0.3, -0.25) is 4.98 Å². The Hall–Kier alpha value is -0.890. The molecule has 2 nitrogen and oxygen atoms in total. The highest BCUT2D eigenvalue weighted by atomic mass is 16.3. The molecule has 0 radical (unpaired) electrons. The van der Waals surface area contributed by atoms with Gasteiger partial charge in [-0.15, -0.1) is 0 Å². The number of aromatic nitrogens is 1. The van der Waals surface area contributed by atoms with E-state index >= 15 is 0 Å². The summed E-state index contributed by atoms with van der Waals surface area (Å²) in [7, 11) is 0. The number of hydrogen-bond donors (Lipinski definition) is 1. The molecule has 0 aromatic carbocycles. The molecule has 2 heteroatoms. The van der Waals surface area contributed by atoms with Crippen molar-refractivity contribution in [2.75, 3.05) is 0 Å². The molecule has 1 N–H and O–H groups in total. The predicted octanol–water partition coefficient (Wildman–Crippen LogP) is 2.79. The van der Waals surface area contributed by atoms with E-state index in [4.69, 9.17) is 0 Å². The van der Waals surface area contributed by atoms with Gasteiger partial charge in [0.15, 0.2) is 0 Å². The van der Waals surface area contributed by atoms with Crippen molar-refractivity contribution >= 4 is 0 Å². The summed E-state index contributed by atoms with van der Waals surface area (Å²) in [6.45, 7) is 6.48. The summed E-state index contributed by atoms with van der Waals surface area (Å²) >= 11 is 0. The summed E-state index contributed by atoms with van der Waals surface area (Å²) in [5, 5.41) is 10.6. The third kappa shape index (κ3) is 1.91. The van der Waals surface area contributed by atoms with E-state index in [1.165, 1.54) is 0 Å². The summed E-state index contributed by atoms with van der Waals surface area (Å²) in [4.78, 5) is 4.12. The smallest absolute Gasteiger partial charge is 0.0919 e. The van der Waals surface area contributed by atoms with Crippen LogP contribution in [-0.2, 0) is 5.60 Å². The minimum atomic E-state index is -0.651. The third-order valence-electron chi connectivity index (χ3n) is 3.53. The van der Waals surface area contributed by atoms with Gasteiger partial charge in [0.1, 0.15) is 0 Å². The average molecular weight is 205 g/mol. The molecule has 1 fully saturated rings. The second-order valence-electron chi connectivity index (χ2n) is 5.56. The molecule has 1 heterocycles. The highest BCUT2D eigenvalue weighted by molar-refractivity contribution is 5.29. The molecule has 1 aromatic rings. The molecule has 1 aliphatic rings. The molecule has 0 spiro atoms. The van der Waals surface area contributed by atoms with Crippen LogP contribution in [0.4, 0.5) is 0 Å². The monoisotopic (exact) mass is 205 g/mol. The molecule has 1 aliphatic carbocycles. The Morgan fingerprint density at radius 3 is 2.60 bits per heavy atom. The van der Waals surface area contributed by atoms with E-state index in [0.29, 0.717) is 0 Å². The zero-order chi connectivity index (χ0) is 11.1. The molecule has 1 saturated carbocycles. The minimum absolute atomic E-state index is 0.247. The number of aryl methyl sites for hydroxylation is 1. The molecule has 1 atom stereocenters. The zero-order valence-corrected chi connectivity index (χ0v) is 9.75. The van der Waals surface area contributed by atoms with Crippen LogP contribution >= 0.6 is 0 Å². The number of hydrogen-bond acceptors (Lipinski definition) is 2. The second-order valence-corrected chi connectivity index (χ2v) is 5.56. The molecule has 0 amide bonds. The molecule has 15 heavy (non-hydrogen) atoms. The van der Waals surface area contributed by atoms with E-state index in [-0.39, 0.29) is 5.41 Å². The topological polar surface area (TPSA) is 33.1 Å². The molecule has 1 unspecified atom stereocenters. The fraction of sp³-hybridized carbons (Fsp3) is 0.615. The van der Waals surface area contributed by atoms with Crippen molar-refractivity contribution in [1.82, 2.24) is 4.98 Å². The fourth-order valence-electron chi connectivity index (χ4n) is 2.69. The van der Waals surface area contributed by atoms with Gasteiger partial charge in [0.25, 0.3) is 0 Å². The van der Waals surface area contributed by atoms with Crippen molar-refractivity contribution in [2.24, 2.45) is 5.41 Å². The Morgan fingerprint density at radius 2 is 2.07 bits per heavy atom. The van der Waals surface area contributed by atoms with Crippen molar-refractivity contribution in [2.45, 2.75) is 45.6 Å². The fourth-order valence-corrected chi connectivity index (χ4v) is 2.69. The number of rotatable bonds is 1. The maximum Gasteiger partial charge on any atom is 0.0919 e. The van der Waals surface area contributed by atoms with E-state index in [0.717, 1.165) is 30.4 Å². The first kappa shape index (κ1) is 10.6. The van der Waals surface area contributed by atoms with Crippen LogP contribution in [-0.4, -0.2) is 10.1 Å². The predicted molar refractivity (Wildman–Crippen MR) is 60.5 cm³/mol. The Balaban J connectivity index is 2.36. The van der Waals surface area contributed by atoms with Crippen molar-refractivity contribution in [3.05, 3.63) is 29.6 Å². The quantitative estimate of drug-likeness (QED) is 0.764. The van der Waals surface area contributed by atoms with Crippen LogP contribution in [0, 0.1) is 12.3 Å². The number of pyridine rings is 1. The van der Waals surface area contributed by atoms with Crippen LogP contribution in [0.3, 0.4) is 0 Å². The van der Waals surface area contributed by atoms with Crippen molar-refractivity contribution in [1.29, 1.82) is 0 Å². The van der Waals surface area contributed by atoms with Crippen molar-refractivity contribution < 1.29 is 5.11 Å². The van der Waals surface area contributed by atoms with E-state index < -0.39 is 5.60 Å². The zero-order valence-electron chi connectivity index (χ0n) is 9.75. The third-order valence-corrected chi connectivity index (χ3v) is 3.53. The SMILES string of the molecule is Cc1ccncc1C1(O)CCC(C)(C)C1. The van der Waals surface area contributed by atoms with Crippen LogP contribution in [0.1, 0.15) is 44.2 Å². The Morgan fingerprint density at radius 1 is 1.33 bits per heavy atom. The van der Waals surface area contributed by atoms with E-state index in [1.807, 2.05) is 19.2 Å². The normalized spacial score (nSPS) is 29.3. The van der Waals surface area contributed by atoms with Crippen LogP contribution < -0.4 is 0 Å². The summed E-state index contributed by atoms with van der Waals surface area (Å²) in [5.41, 5.74) is 1.75. The number of nitrogens with zero attached hydrogens (tertiary/aromatic N) is 1. The molecule has 82 valence electrons. The standard InChI is InChI=1S/C13H19NO/c1-10-4-7-14-8-11(10)13(15)6-5-12(2,3)9-13/h4,7-8,15H,5-6,9H2,1-3H3. The van der Waals surface area contributed by atoms with Gasteiger partial charge >= 0.3 is 0 Å². The van der Waals surface area contributed by atoms with Gasteiger partial charge in [-0.05, 0) is 43.2 Å². The number of aliphatic hydroxyl groups is 1. The van der Waals surface area contributed by atoms with E-state index in [9.17, 15) is 5.11 Å². The Kier molecular flexibility index (Phi) is 2.34. The average Bonchev–Trinajstić information content (AvgIpc) is 2.42. The minimum Gasteiger partial charge on any atom is -0.385 e. The molecule has 0 bridgehead atoms. The second kappa shape index (κ2) is 3.31. The van der Waals surface area contributed by atoms with Crippen LogP contribution in [0.2, 0.25) is 0 Å². The van der Waals surface area contributed by atoms with Gasteiger partial charge in [0, 0.05) is 18.0 Å². The van der Waals surface area contributed by atoms with E-state index in [1.54, 1.807) is 6.20 Å². The maximum absolute atomic E-state index is 10.6. The lowest BCUT2D eigenvalue weighted by Gasteiger charge is -2.26. The lowest BCUT2D eigenvalue weighted by Crippen LogP contribution is -2.24. The molecule has 0 saturated heterocycles. The Labute approximate surface area is 91.4 Å². The van der Waals surface area contributed by atoms with Crippen molar-refractivity contribution in [3.63, 3.8) is 0 Å². The van der Waals surface area contributed by atoms with Crippen LogP contribution in [0.15, 0.2) is 18.5 Å². The maximum atomic E-state index is 10.6. The lowest BCUT2D eigenvalue weighted by atomic mass is 9.85. The molecule has 2 rings (SSSR count). The molecular weight excluding hydrogens is 186 g/mol. The van der Waals surface area contributed by atoms with Gasteiger partial charge in [-0.2, -0.15) is 0 Å². The van der Waals surface area contributed by atoms with Crippen LogP contribution in [0.25, 0.3) is 0 Å². The summed E-state index contributed by atoms with van der Waals surface area (Å²) in [6, 6.07) is 1.97. The first-order valence-corrected chi connectivity index (χ1v) is 5.56. The highest BCUT2D eigenvalue weighted by Gasteiger charge is 2.43. The van der Waals surface area contributed by atoms with Gasteiger partial charge in [0.05, 0.1) is 5.60 Å². The molecule has 1 aromatic heterocycles. The van der Waals surface area contributed by atoms with Gasteiger partial charge in [-0.1, -0.05) is 13.8 Å². The highest BCUT2D eigenvalue weighted by Crippen LogP contribution is 2.49. The summed E-state index contributed by atoms with van der Waals surface area (Å²) in [6.07, 6.45) is 6.37. The molecular formula is C13H19NO. The summed E-state index contributed by atoms with van der Waals surface area (Å²) < 4.78 is 0. The van der Waals surface area contributed by atoms with Crippen LogP contribution in [0.5, 0.6) is 0 Å². The Bertz CT molecular complexity index is 373. The first-order valence-electron chi connectivity index (χ1n) is 5.56.